The van der Waals surface area contributed by atoms with Crippen LogP contribution in [0.4, 0.5) is 11.4 Å². The van der Waals surface area contributed by atoms with Crippen molar-refractivity contribution in [2.45, 2.75) is 70.9 Å². The normalized spacial score (nSPS) is 19.9. The van der Waals surface area contributed by atoms with Gasteiger partial charge in [-0.05, 0) is 121 Å². The Hall–Kier alpha value is -3.79. The molecule has 7 rings (SSSR count). The maximum absolute atomic E-state index is 13.3. The van der Waals surface area contributed by atoms with Crippen LogP contribution in [-0.4, -0.2) is 93.1 Å². The van der Waals surface area contributed by atoms with Crippen molar-refractivity contribution < 1.29 is 9.53 Å². The molecular weight excluding hydrogens is 770 g/mol. The Labute approximate surface area is 362 Å². The number of benzene rings is 4. The summed E-state index contributed by atoms with van der Waals surface area (Å²) in [7, 11) is 0. The predicted octanol–water partition coefficient (Wildman–Crippen LogP) is 10.3. The third-order valence-electron chi connectivity index (χ3n) is 13.1. The SMILES string of the molecule is Cc1cc(CNC(=O)c2ccc(N3CCN(CC4=C(c5ccc(Cl)cc5)CCC(C)(C(C)C)C4)CC3)cc2)ccc1N[C@H](CCN1CCOCC1)CSc1ccccc1. The standard InChI is InChI=1S/C50H64ClN5O2S/c1-37(2)50(4)22-20-47(40-11-15-43(51)16-12-40)42(33-50)35-55-24-26-56(27-25-55)45-17-13-41(14-18-45)49(57)52-34-39-10-19-48(38(3)32-39)53-44(21-23-54-28-30-58-31-29-54)36-59-46-8-6-5-7-9-46/h5-19,32,37,44,53H,20-31,33-36H2,1-4H3,(H,52,57)/t44-,50?/m1/s1. The van der Waals surface area contributed by atoms with E-state index in [0.29, 0.717) is 29.5 Å². The van der Waals surface area contributed by atoms with E-state index in [0.717, 1.165) is 107 Å². The summed E-state index contributed by atoms with van der Waals surface area (Å²) in [6.45, 7) is 19.6. The molecule has 0 aromatic heterocycles. The number of ether oxygens (including phenoxy) is 1. The Morgan fingerprint density at radius 1 is 0.881 bits per heavy atom. The van der Waals surface area contributed by atoms with Gasteiger partial charge in [0.1, 0.15) is 0 Å². The number of aryl methyl sites for hydroxylation is 1. The van der Waals surface area contributed by atoms with Gasteiger partial charge in [-0.15, -0.1) is 11.8 Å². The Bertz CT molecular complexity index is 1990. The molecule has 314 valence electrons. The first-order valence-electron chi connectivity index (χ1n) is 21.8. The molecular formula is C50H64ClN5O2S. The molecule has 1 unspecified atom stereocenters. The Morgan fingerprint density at radius 2 is 1.61 bits per heavy atom. The van der Waals surface area contributed by atoms with Gasteiger partial charge in [-0.1, -0.05) is 80.4 Å². The van der Waals surface area contributed by atoms with Gasteiger partial charge in [0, 0.05) is 97.6 Å². The molecule has 3 aliphatic rings. The zero-order valence-electron chi connectivity index (χ0n) is 35.7. The van der Waals surface area contributed by atoms with Crippen molar-refractivity contribution in [2.75, 3.05) is 81.5 Å². The van der Waals surface area contributed by atoms with Gasteiger partial charge < -0.3 is 20.3 Å². The van der Waals surface area contributed by atoms with E-state index in [-0.39, 0.29) is 5.91 Å². The molecule has 1 amide bonds. The second-order valence-corrected chi connectivity index (χ2v) is 19.0. The van der Waals surface area contributed by atoms with Crippen molar-refractivity contribution in [2.24, 2.45) is 11.3 Å². The minimum absolute atomic E-state index is 0.0482. The van der Waals surface area contributed by atoms with Gasteiger partial charge in [0.25, 0.3) is 5.91 Å². The average Bonchev–Trinajstić information content (AvgIpc) is 3.26. The molecule has 7 nitrogen and oxygen atoms in total. The van der Waals surface area contributed by atoms with Crippen LogP contribution < -0.4 is 15.5 Å². The van der Waals surface area contributed by atoms with Crippen LogP contribution in [0.1, 0.15) is 73.5 Å². The summed E-state index contributed by atoms with van der Waals surface area (Å²) in [5.74, 6) is 1.59. The van der Waals surface area contributed by atoms with Gasteiger partial charge in [-0.2, -0.15) is 0 Å². The third-order valence-corrected chi connectivity index (χ3v) is 14.5. The van der Waals surface area contributed by atoms with Crippen LogP contribution in [0.15, 0.2) is 108 Å². The first-order chi connectivity index (χ1) is 28.6. The van der Waals surface area contributed by atoms with Crippen molar-refractivity contribution in [3.8, 4) is 0 Å². The lowest BCUT2D eigenvalue weighted by atomic mass is 9.66. The van der Waals surface area contributed by atoms with Crippen LogP contribution in [0.25, 0.3) is 5.57 Å². The first kappa shape index (κ1) is 43.3. The Balaban J connectivity index is 0.898. The summed E-state index contributed by atoms with van der Waals surface area (Å²) in [6, 6.07) is 34.1. The van der Waals surface area contributed by atoms with E-state index < -0.39 is 0 Å². The minimum Gasteiger partial charge on any atom is -0.381 e. The van der Waals surface area contributed by atoms with Crippen molar-refractivity contribution in [3.63, 3.8) is 0 Å². The monoisotopic (exact) mass is 833 g/mol. The van der Waals surface area contributed by atoms with Crippen molar-refractivity contribution in [1.29, 1.82) is 0 Å². The average molecular weight is 835 g/mol. The zero-order valence-corrected chi connectivity index (χ0v) is 37.2. The van der Waals surface area contributed by atoms with E-state index in [2.05, 4.69) is 126 Å². The number of amides is 1. The molecule has 2 atom stereocenters. The maximum atomic E-state index is 13.3. The highest BCUT2D eigenvalue weighted by Gasteiger charge is 2.35. The molecule has 0 spiro atoms. The fraction of sp³-hybridized carbons (Fsp3) is 0.460. The predicted molar refractivity (Wildman–Crippen MR) is 249 cm³/mol. The van der Waals surface area contributed by atoms with Gasteiger partial charge in [0.2, 0.25) is 0 Å². The van der Waals surface area contributed by atoms with Crippen molar-refractivity contribution in [3.05, 3.63) is 130 Å². The molecule has 2 N–H and O–H groups in total. The van der Waals surface area contributed by atoms with Gasteiger partial charge >= 0.3 is 0 Å². The second-order valence-electron chi connectivity index (χ2n) is 17.4. The lowest BCUT2D eigenvalue weighted by Gasteiger charge is -2.42. The third kappa shape index (κ3) is 11.9. The molecule has 4 aromatic rings. The van der Waals surface area contributed by atoms with Gasteiger partial charge in [0.15, 0.2) is 0 Å². The molecule has 0 saturated carbocycles. The fourth-order valence-electron chi connectivity index (χ4n) is 8.75. The lowest BCUT2D eigenvalue weighted by molar-refractivity contribution is 0.0370. The number of hydrogen-bond donors (Lipinski definition) is 2. The van der Waals surface area contributed by atoms with Gasteiger partial charge in [0.05, 0.1) is 13.2 Å². The van der Waals surface area contributed by atoms with Crippen LogP contribution in [0.2, 0.25) is 5.02 Å². The van der Waals surface area contributed by atoms with E-state index in [1.54, 1.807) is 5.57 Å². The van der Waals surface area contributed by atoms with Crippen LogP contribution in [-0.2, 0) is 11.3 Å². The van der Waals surface area contributed by atoms with Crippen LogP contribution in [0, 0.1) is 18.3 Å². The molecule has 2 saturated heterocycles. The molecule has 1 aliphatic carbocycles. The van der Waals surface area contributed by atoms with Crippen LogP contribution >= 0.6 is 23.4 Å². The van der Waals surface area contributed by atoms with Crippen LogP contribution in [0.5, 0.6) is 0 Å². The number of rotatable bonds is 16. The van der Waals surface area contributed by atoms with E-state index in [9.17, 15) is 4.79 Å². The quantitative estimate of drug-likeness (QED) is 0.109. The number of halogens is 1. The lowest BCUT2D eigenvalue weighted by Crippen LogP contribution is -2.47. The van der Waals surface area contributed by atoms with E-state index in [4.69, 9.17) is 16.3 Å². The highest BCUT2D eigenvalue weighted by molar-refractivity contribution is 7.99. The summed E-state index contributed by atoms with van der Waals surface area (Å²) >= 11 is 8.17. The summed E-state index contributed by atoms with van der Waals surface area (Å²) in [5.41, 5.74) is 10.1. The van der Waals surface area contributed by atoms with E-state index >= 15 is 0 Å². The van der Waals surface area contributed by atoms with Crippen molar-refractivity contribution >= 4 is 46.2 Å². The van der Waals surface area contributed by atoms with Crippen molar-refractivity contribution in [1.82, 2.24) is 15.1 Å². The molecule has 59 heavy (non-hydrogen) atoms. The Kier molecular flexibility index (Phi) is 15.2. The number of nitrogens with one attached hydrogen (secondary N) is 2. The highest BCUT2D eigenvalue weighted by Crippen LogP contribution is 2.47. The number of allylic oxidation sites excluding steroid dienone is 1. The summed E-state index contributed by atoms with van der Waals surface area (Å²) < 4.78 is 5.57. The zero-order chi connectivity index (χ0) is 41.2. The Morgan fingerprint density at radius 3 is 2.31 bits per heavy atom. The number of anilines is 2. The summed E-state index contributed by atoms with van der Waals surface area (Å²) in [5, 5.41) is 7.82. The minimum atomic E-state index is -0.0482. The van der Waals surface area contributed by atoms with Gasteiger partial charge in [-0.3, -0.25) is 14.6 Å². The largest absolute Gasteiger partial charge is 0.381 e. The molecule has 0 bridgehead atoms. The summed E-state index contributed by atoms with van der Waals surface area (Å²) in [6.07, 6.45) is 4.57. The van der Waals surface area contributed by atoms with E-state index in [1.165, 1.54) is 33.7 Å². The molecule has 0 radical (unpaired) electrons. The molecule has 4 aromatic carbocycles. The number of thioether (sulfide) groups is 1. The fourth-order valence-corrected chi connectivity index (χ4v) is 9.87. The number of piperazine rings is 1. The molecule has 2 aliphatic heterocycles. The first-order valence-corrected chi connectivity index (χ1v) is 23.1. The number of nitrogens with zero attached hydrogens (tertiary/aromatic N) is 3. The number of morpholine rings is 1. The van der Waals surface area contributed by atoms with Gasteiger partial charge in [-0.25, -0.2) is 0 Å². The molecule has 2 heterocycles. The topological polar surface area (TPSA) is 60.1 Å². The molecule has 9 heteroatoms. The second kappa shape index (κ2) is 20.7. The molecule has 2 fully saturated rings. The number of carbonyl (C=O) groups excluding carboxylic acids is 1. The maximum Gasteiger partial charge on any atom is 0.251 e. The number of carbonyl (C=O) groups is 1. The number of hydrogen-bond acceptors (Lipinski definition) is 7. The highest BCUT2D eigenvalue weighted by atomic mass is 35.5. The summed E-state index contributed by atoms with van der Waals surface area (Å²) in [4.78, 5) is 22.2. The van der Waals surface area contributed by atoms with E-state index in [1.807, 2.05) is 36.0 Å². The van der Waals surface area contributed by atoms with Crippen LogP contribution in [0.3, 0.4) is 0 Å². The smallest absolute Gasteiger partial charge is 0.251 e.